The molecular weight excluding hydrogens is 99.0 g/mol. The molecule has 0 aromatic heterocycles. The molecule has 4 heteroatoms. The van der Waals surface area contributed by atoms with Crippen LogP contribution in [-0.4, -0.2) is 6.61 Å². The molecule has 1 atom stereocenters. The van der Waals surface area contributed by atoms with Crippen LogP contribution in [0.5, 0.6) is 0 Å². The molecule has 0 saturated heterocycles. The van der Waals surface area contributed by atoms with Gasteiger partial charge < -0.3 is 16.8 Å². The van der Waals surface area contributed by atoms with Crippen LogP contribution in [0.3, 0.4) is 0 Å². The lowest BCUT2D eigenvalue weighted by atomic mass is 10.9. The Morgan fingerprint density at radius 3 is 1.67 bits per heavy atom. The summed E-state index contributed by atoms with van der Waals surface area (Å²) in [4.78, 5) is 0. The summed E-state index contributed by atoms with van der Waals surface area (Å²) in [5.41, 5.74) is 0. The van der Waals surface area contributed by atoms with Crippen LogP contribution in [0.15, 0.2) is 0 Å². The van der Waals surface area contributed by atoms with E-state index in [-0.39, 0.29) is 12.3 Å². The van der Waals surface area contributed by atoms with E-state index in [1.165, 1.54) is 0 Å². The summed E-state index contributed by atoms with van der Waals surface area (Å²) in [5.74, 6) is 0. The van der Waals surface area contributed by atoms with Crippen LogP contribution in [-0.2, 0) is 4.52 Å². The van der Waals surface area contributed by atoms with Gasteiger partial charge >= 0.3 is 0 Å². The molecule has 0 rings (SSSR count). The number of rotatable bonds is 1. The third-order valence-corrected chi connectivity index (χ3v) is 0.500. The van der Waals surface area contributed by atoms with Crippen molar-refractivity contribution in [2.24, 2.45) is 0 Å². The quantitative estimate of drug-likeness (QED) is 0.499. The first-order valence-corrected chi connectivity index (χ1v) is 1.70. The summed E-state index contributed by atoms with van der Waals surface area (Å²) in [6, 6.07) is 0. The molecule has 0 radical (unpaired) electrons. The molecule has 0 aliphatic carbocycles. The van der Waals surface area contributed by atoms with Crippen LogP contribution in [0.25, 0.3) is 0 Å². The lowest BCUT2D eigenvalue weighted by Crippen LogP contribution is -1.63. The second kappa shape index (κ2) is 18.5. The molecule has 6 heavy (non-hydrogen) atoms. The first-order chi connectivity index (χ1) is 1.91. The summed E-state index contributed by atoms with van der Waals surface area (Å²) < 4.78 is 4.46. The van der Waals surface area contributed by atoms with E-state index in [1.807, 2.05) is 6.92 Å². The van der Waals surface area contributed by atoms with Crippen LogP contribution >= 0.6 is 9.47 Å². The predicted octanol–water partition coefficient (Wildman–Crippen LogP) is 1.14. The maximum absolute atomic E-state index is 4.46. The fourth-order valence-electron chi connectivity index (χ4n) is 0. The SMILES string of the molecule is CCOP.N.N. The summed E-state index contributed by atoms with van der Waals surface area (Å²) >= 11 is 0. The van der Waals surface area contributed by atoms with Crippen LogP contribution in [0, 0.1) is 0 Å². The Balaban J connectivity index is -0.0000000450. The van der Waals surface area contributed by atoms with Gasteiger partial charge in [-0.05, 0) is 6.92 Å². The minimum atomic E-state index is 0. The Morgan fingerprint density at radius 2 is 1.67 bits per heavy atom. The highest BCUT2D eigenvalue weighted by atomic mass is 31.0. The molecule has 3 nitrogen and oxygen atoms in total. The van der Waals surface area contributed by atoms with Crippen molar-refractivity contribution in [2.75, 3.05) is 6.61 Å². The van der Waals surface area contributed by atoms with Crippen molar-refractivity contribution < 1.29 is 4.52 Å². The van der Waals surface area contributed by atoms with Gasteiger partial charge in [-0.2, -0.15) is 0 Å². The zero-order valence-corrected chi connectivity index (χ0v) is 5.26. The average Bonchev–Trinajstić information content (AvgIpc) is 1.37. The first kappa shape index (κ1) is 16.2. The van der Waals surface area contributed by atoms with Crippen molar-refractivity contribution in [1.82, 2.24) is 12.3 Å². The van der Waals surface area contributed by atoms with E-state index in [9.17, 15) is 0 Å². The van der Waals surface area contributed by atoms with E-state index in [1.54, 1.807) is 0 Å². The van der Waals surface area contributed by atoms with Crippen LogP contribution in [0.2, 0.25) is 0 Å². The van der Waals surface area contributed by atoms with Crippen LogP contribution in [0.4, 0.5) is 0 Å². The highest BCUT2D eigenvalue weighted by Gasteiger charge is 1.51. The summed E-state index contributed by atoms with van der Waals surface area (Å²) in [5, 5.41) is 0. The molecule has 0 saturated carbocycles. The lowest BCUT2D eigenvalue weighted by molar-refractivity contribution is 0.400. The van der Waals surface area contributed by atoms with E-state index in [2.05, 4.69) is 14.0 Å². The van der Waals surface area contributed by atoms with Gasteiger partial charge in [-0.1, -0.05) is 0 Å². The minimum Gasteiger partial charge on any atom is -0.366 e. The fourth-order valence-corrected chi connectivity index (χ4v) is 0. The normalized spacial score (nSPS) is 5.00. The molecule has 0 aromatic rings. The Hall–Kier alpha value is 0.310. The lowest BCUT2D eigenvalue weighted by Gasteiger charge is -1.75. The second-order valence-corrected chi connectivity index (χ2v) is 0.789. The van der Waals surface area contributed by atoms with E-state index >= 15 is 0 Å². The fraction of sp³-hybridized carbons (Fsp3) is 1.00. The first-order valence-electron chi connectivity index (χ1n) is 1.23. The predicted molar refractivity (Wildman–Crippen MR) is 31.4 cm³/mol. The van der Waals surface area contributed by atoms with E-state index in [4.69, 9.17) is 0 Å². The molecule has 0 aliphatic rings. The number of hydrogen-bond acceptors (Lipinski definition) is 3. The molecule has 0 amide bonds. The van der Waals surface area contributed by atoms with Gasteiger partial charge in [0.2, 0.25) is 0 Å². The van der Waals surface area contributed by atoms with Crippen molar-refractivity contribution >= 4 is 9.47 Å². The van der Waals surface area contributed by atoms with Gasteiger partial charge in [-0.3, -0.25) is 0 Å². The van der Waals surface area contributed by atoms with Crippen LogP contribution in [0.1, 0.15) is 6.92 Å². The molecule has 0 heterocycles. The van der Waals surface area contributed by atoms with Crippen molar-refractivity contribution in [1.29, 1.82) is 0 Å². The molecule has 0 aliphatic heterocycles. The van der Waals surface area contributed by atoms with E-state index in [0.717, 1.165) is 6.61 Å². The van der Waals surface area contributed by atoms with Gasteiger partial charge in [-0.25, -0.2) is 0 Å². The molecule has 0 fully saturated rings. The standard InChI is InChI=1S/C2H7OP.2H3N/c1-2-3-4;;/h2,4H2,1H3;2*1H3. The Kier molecular flexibility index (Phi) is 50.0. The van der Waals surface area contributed by atoms with E-state index < -0.39 is 0 Å². The van der Waals surface area contributed by atoms with Gasteiger partial charge in [-0.15, -0.1) is 0 Å². The van der Waals surface area contributed by atoms with Crippen molar-refractivity contribution in [3.8, 4) is 0 Å². The molecule has 0 spiro atoms. The molecule has 1 unspecified atom stereocenters. The zero-order chi connectivity index (χ0) is 3.41. The monoisotopic (exact) mass is 112 g/mol. The number of hydrogen-bond donors (Lipinski definition) is 2. The van der Waals surface area contributed by atoms with Gasteiger partial charge in [0.15, 0.2) is 0 Å². The van der Waals surface area contributed by atoms with Gasteiger partial charge in [0.1, 0.15) is 0 Å². The van der Waals surface area contributed by atoms with Crippen molar-refractivity contribution in [3.63, 3.8) is 0 Å². The smallest absolute Gasteiger partial charge is 0.0473 e. The second-order valence-electron chi connectivity index (χ2n) is 0.455. The topological polar surface area (TPSA) is 79.2 Å². The highest BCUT2D eigenvalue weighted by molar-refractivity contribution is 7.09. The van der Waals surface area contributed by atoms with Crippen LogP contribution < -0.4 is 12.3 Å². The maximum atomic E-state index is 4.46. The Bertz CT molecular complexity index is 13.5. The van der Waals surface area contributed by atoms with Gasteiger partial charge in [0.05, 0.1) is 0 Å². The maximum Gasteiger partial charge on any atom is 0.0473 e. The Labute approximate surface area is 40.9 Å². The molecule has 0 aromatic carbocycles. The third-order valence-electron chi connectivity index (χ3n) is 0.167. The van der Waals surface area contributed by atoms with Gasteiger partial charge in [0.25, 0.3) is 0 Å². The highest BCUT2D eigenvalue weighted by Crippen LogP contribution is 1.77. The molecule has 6 N–H and O–H groups in total. The summed E-state index contributed by atoms with van der Waals surface area (Å²) in [6.07, 6.45) is 0. The van der Waals surface area contributed by atoms with Gasteiger partial charge in [0, 0.05) is 16.1 Å². The third kappa shape index (κ3) is 27.5. The van der Waals surface area contributed by atoms with E-state index in [0.29, 0.717) is 0 Å². The van der Waals surface area contributed by atoms with Crippen molar-refractivity contribution in [3.05, 3.63) is 0 Å². The molecule has 0 bridgehead atoms. The largest absolute Gasteiger partial charge is 0.366 e. The zero-order valence-electron chi connectivity index (χ0n) is 4.11. The Morgan fingerprint density at radius 1 is 1.50 bits per heavy atom. The molecular formula is C2H13N2OP. The summed E-state index contributed by atoms with van der Waals surface area (Å²) in [6.45, 7) is 2.72. The molecule has 42 valence electrons. The summed E-state index contributed by atoms with van der Waals surface area (Å²) in [7, 11) is 2.16. The van der Waals surface area contributed by atoms with Crippen molar-refractivity contribution in [2.45, 2.75) is 6.92 Å². The average molecular weight is 112 g/mol. The minimum absolute atomic E-state index is 0.